The van der Waals surface area contributed by atoms with Crippen LogP contribution >= 0.6 is 0 Å². The molecule has 0 saturated heterocycles. The van der Waals surface area contributed by atoms with E-state index in [1.165, 1.54) is 0 Å². The topological polar surface area (TPSA) is 62.2 Å². The Labute approximate surface area is 159 Å². The highest BCUT2D eigenvalue weighted by molar-refractivity contribution is 6.00. The maximum Gasteiger partial charge on any atom is 0.323 e. The van der Waals surface area contributed by atoms with Gasteiger partial charge in [0.05, 0.1) is 17.6 Å². The van der Waals surface area contributed by atoms with Crippen molar-refractivity contribution in [2.24, 2.45) is 5.92 Å². The van der Waals surface area contributed by atoms with Gasteiger partial charge < -0.3 is 15.2 Å². The fraction of sp³-hybridized carbons (Fsp3) is 0.333. The zero-order valence-corrected chi connectivity index (χ0v) is 15.8. The number of rotatable bonds is 4. The molecule has 2 amide bonds. The molecule has 0 fully saturated rings. The summed E-state index contributed by atoms with van der Waals surface area (Å²) in [6, 6.07) is 15.1. The molecule has 0 aliphatic carbocycles. The number of carbonyl (C=O) groups excluding carboxylic acids is 1. The lowest BCUT2D eigenvalue weighted by Crippen LogP contribution is -2.36. The number of aromatic nitrogens is 2. The summed E-state index contributed by atoms with van der Waals surface area (Å²) in [6.45, 7) is 8.47. The lowest BCUT2D eigenvalue weighted by molar-refractivity contribution is 0.197. The van der Waals surface area contributed by atoms with Crippen molar-refractivity contribution in [3.05, 3.63) is 54.4 Å². The van der Waals surface area contributed by atoms with Crippen LogP contribution in [0.1, 0.15) is 19.7 Å². The van der Waals surface area contributed by atoms with Gasteiger partial charge in [0.15, 0.2) is 0 Å². The molecule has 2 heterocycles. The zero-order valence-electron chi connectivity index (χ0n) is 15.8. The van der Waals surface area contributed by atoms with Gasteiger partial charge in [0.1, 0.15) is 5.82 Å². The Hall–Kier alpha value is -2.86. The summed E-state index contributed by atoms with van der Waals surface area (Å²) in [7, 11) is 0. The number of imidazole rings is 1. The van der Waals surface area contributed by atoms with Crippen molar-refractivity contribution < 1.29 is 4.79 Å². The van der Waals surface area contributed by atoms with Gasteiger partial charge in [0.25, 0.3) is 0 Å². The smallest absolute Gasteiger partial charge is 0.323 e. The number of fused-ring (bicyclic) bond motifs is 3. The second-order valence-electron chi connectivity index (χ2n) is 7.46. The van der Waals surface area contributed by atoms with Gasteiger partial charge in [-0.1, -0.05) is 32.0 Å². The average molecular weight is 363 g/mol. The number of hydrogen-bond acceptors (Lipinski definition) is 3. The number of urea groups is 1. The van der Waals surface area contributed by atoms with Crippen molar-refractivity contribution in [3.63, 3.8) is 0 Å². The first-order valence-corrected chi connectivity index (χ1v) is 9.43. The first-order chi connectivity index (χ1) is 13.1. The van der Waals surface area contributed by atoms with Crippen molar-refractivity contribution in [1.82, 2.24) is 14.5 Å². The first-order valence-electron chi connectivity index (χ1n) is 9.43. The minimum Gasteiger partial charge on any atom is -0.326 e. The molecular formula is C21H25N5O. The second-order valence-corrected chi connectivity index (χ2v) is 7.46. The van der Waals surface area contributed by atoms with Crippen molar-refractivity contribution in [2.75, 3.05) is 23.7 Å². The number of para-hydroxylation sites is 1. The van der Waals surface area contributed by atoms with E-state index in [1.54, 1.807) is 0 Å². The van der Waals surface area contributed by atoms with E-state index < -0.39 is 0 Å². The third-order valence-corrected chi connectivity index (χ3v) is 4.75. The monoisotopic (exact) mass is 363 g/mol. The number of nitrogens with zero attached hydrogens (tertiary/aromatic N) is 3. The Morgan fingerprint density at radius 1 is 1.07 bits per heavy atom. The van der Waals surface area contributed by atoms with E-state index in [0.717, 1.165) is 54.4 Å². The predicted molar refractivity (Wildman–Crippen MR) is 109 cm³/mol. The Bertz CT molecular complexity index is 948. The van der Waals surface area contributed by atoms with Crippen LogP contribution in [0.5, 0.6) is 0 Å². The van der Waals surface area contributed by atoms with Crippen LogP contribution < -0.4 is 10.6 Å². The number of benzene rings is 2. The molecule has 140 valence electrons. The first kappa shape index (κ1) is 17.5. The van der Waals surface area contributed by atoms with Crippen LogP contribution in [0.25, 0.3) is 11.0 Å². The largest absolute Gasteiger partial charge is 0.326 e. The van der Waals surface area contributed by atoms with Crippen LogP contribution in [-0.2, 0) is 13.1 Å². The summed E-state index contributed by atoms with van der Waals surface area (Å²) in [5.74, 6) is 1.75. The summed E-state index contributed by atoms with van der Waals surface area (Å²) >= 11 is 0. The highest BCUT2D eigenvalue weighted by Crippen LogP contribution is 2.24. The van der Waals surface area contributed by atoms with E-state index in [1.807, 2.05) is 48.5 Å². The van der Waals surface area contributed by atoms with Crippen LogP contribution in [0.2, 0.25) is 0 Å². The van der Waals surface area contributed by atoms with Gasteiger partial charge in [-0.25, -0.2) is 9.78 Å². The van der Waals surface area contributed by atoms with E-state index in [-0.39, 0.29) is 6.03 Å². The lowest BCUT2D eigenvalue weighted by Gasteiger charge is -2.29. The quantitative estimate of drug-likeness (QED) is 0.732. The van der Waals surface area contributed by atoms with Crippen LogP contribution in [-0.4, -0.2) is 33.6 Å². The lowest BCUT2D eigenvalue weighted by atomic mass is 10.2. The van der Waals surface area contributed by atoms with Crippen molar-refractivity contribution in [2.45, 2.75) is 26.9 Å². The molecule has 0 unspecified atom stereocenters. The van der Waals surface area contributed by atoms with E-state index in [4.69, 9.17) is 4.98 Å². The number of carbonyl (C=O) groups is 1. The van der Waals surface area contributed by atoms with Crippen molar-refractivity contribution in [1.29, 1.82) is 0 Å². The third kappa shape index (κ3) is 3.95. The van der Waals surface area contributed by atoms with Crippen LogP contribution in [0, 0.1) is 5.92 Å². The van der Waals surface area contributed by atoms with Gasteiger partial charge in [-0.3, -0.25) is 4.90 Å². The SMILES string of the molecule is CC(C)CN1CCn2c(nc3cc(NC(=O)Nc4ccccc4)ccc32)C1. The molecule has 27 heavy (non-hydrogen) atoms. The molecule has 1 aliphatic rings. The average Bonchev–Trinajstić information content (AvgIpc) is 2.98. The van der Waals surface area contributed by atoms with Crippen LogP contribution in [0.4, 0.5) is 16.2 Å². The maximum atomic E-state index is 12.2. The molecule has 6 nitrogen and oxygen atoms in total. The standard InChI is InChI=1S/C21H25N5O/c1-15(2)13-25-10-11-26-19-9-8-17(12-18(19)24-20(26)14-25)23-21(27)22-16-6-4-3-5-7-16/h3-9,12,15H,10-11,13-14H2,1-2H3,(H2,22,23,27). The summed E-state index contributed by atoms with van der Waals surface area (Å²) in [5, 5.41) is 5.72. The molecule has 6 heteroatoms. The molecule has 2 aromatic carbocycles. The predicted octanol–water partition coefficient (Wildman–Crippen LogP) is 4.15. The molecule has 1 aromatic heterocycles. The van der Waals surface area contributed by atoms with E-state index in [0.29, 0.717) is 5.92 Å². The van der Waals surface area contributed by atoms with Crippen LogP contribution in [0.3, 0.4) is 0 Å². The van der Waals surface area contributed by atoms with Gasteiger partial charge >= 0.3 is 6.03 Å². The van der Waals surface area contributed by atoms with Gasteiger partial charge in [0.2, 0.25) is 0 Å². The fourth-order valence-corrected chi connectivity index (χ4v) is 3.64. The molecule has 0 saturated carbocycles. The zero-order chi connectivity index (χ0) is 18.8. The number of hydrogen-bond donors (Lipinski definition) is 2. The van der Waals surface area contributed by atoms with Gasteiger partial charge in [-0.05, 0) is 36.2 Å². The number of amides is 2. The molecule has 3 aromatic rings. The van der Waals surface area contributed by atoms with Crippen molar-refractivity contribution in [3.8, 4) is 0 Å². The Morgan fingerprint density at radius 2 is 1.85 bits per heavy atom. The van der Waals surface area contributed by atoms with E-state index in [9.17, 15) is 4.79 Å². The molecular weight excluding hydrogens is 338 g/mol. The molecule has 0 radical (unpaired) electrons. The van der Waals surface area contributed by atoms with Crippen molar-refractivity contribution >= 4 is 28.4 Å². The Kier molecular flexibility index (Phi) is 4.81. The molecule has 4 rings (SSSR count). The van der Waals surface area contributed by atoms with Crippen LogP contribution in [0.15, 0.2) is 48.5 Å². The van der Waals surface area contributed by atoms with Gasteiger partial charge in [-0.2, -0.15) is 0 Å². The maximum absolute atomic E-state index is 12.2. The Morgan fingerprint density at radius 3 is 2.63 bits per heavy atom. The molecule has 1 aliphatic heterocycles. The molecule has 0 spiro atoms. The third-order valence-electron chi connectivity index (χ3n) is 4.75. The molecule has 0 bridgehead atoms. The number of nitrogens with one attached hydrogen (secondary N) is 2. The Balaban J connectivity index is 1.49. The van der Waals surface area contributed by atoms with Gasteiger partial charge in [0, 0.05) is 31.0 Å². The number of anilines is 2. The van der Waals surface area contributed by atoms with E-state index >= 15 is 0 Å². The highest BCUT2D eigenvalue weighted by Gasteiger charge is 2.20. The molecule has 0 atom stereocenters. The highest BCUT2D eigenvalue weighted by atomic mass is 16.2. The van der Waals surface area contributed by atoms with E-state index in [2.05, 4.69) is 33.9 Å². The summed E-state index contributed by atoms with van der Waals surface area (Å²) in [5.41, 5.74) is 3.56. The minimum absolute atomic E-state index is 0.257. The minimum atomic E-state index is -0.257. The fourth-order valence-electron chi connectivity index (χ4n) is 3.64. The second kappa shape index (κ2) is 7.40. The molecule has 2 N–H and O–H groups in total. The summed E-state index contributed by atoms with van der Waals surface area (Å²) in [4.78, 5) is 19.5. The summed E-state index contributed by atoms with van der Waals surface area (Å²) in [6.07, 6.45) is 0. The van der Waals surface area contributed by atoms with Gasteiger partial charge in [-0.15, -0.1) is 0 Å². The summed E-state index contributed by atoms with van der Waals surface area (Å²) < 4.78 is 2.29. The normalized spacial score (nSPS) is 14.3.